The van der Waals surface area contributed by atoms with Gasteiger partial charge < -0.3 is 9.72 Å². The molecule has 5 aromatic rings. The lowest BCUT2D eigenvalue weighted by molar-refractivity contribution is -0.121. The Balaban J connectivity index is 1.49. The molecule has 3 aromatic carbocycles. The Bertz CT molecular complexity index is 1410. The highest BCUT2D eigenvalue weighted by Gasteiger charge is 2.24. The number of halogens is 1. The average molecular weight is 464 g/mol. The van der Waals surface area contributed by atoms with Gasteiger partial charge in [-0.25, -0.2) is 9.37 Å². The first-order valence-corrected chi connectivity index (χ1v) is 11.7. The van der Waals surface area contributed by atoms with Crippen LogP contribution < -0.4 is 5.32 Å². The van der Waals surface area contributed by atoms with Gasteiger partial charge in [0.1, 0.15) is 11.5 Å². The molecular weight excluding hydrogens is 437 g/mol. The van der Waals surface area contributed by atoms with Crippen LogP contribution in [0.15, 0.2) is 109 Å². The first-order chi connectivity index (χ1) is 17.1. The molecule has 0 radical (unpaired) electrons. The Hall–Kier alpha value is -4.25. The van der Waals surface area contributed by atoms with Gasteiger partial charge in [0.2, 0.25) is 5.91 Å². The third-order valence-corrected chi connectivity index (χ3v) is 6.27. The Morgan fingerprint density at radius 1 is 0.886 bits per heavy atom. The zero-order chi connectivity index (χ0) is 24.2. The molecule has 0 aliphatic rings. The molecule has 0 fully saturated rings. The number of carbonyl (C=O) groups excluding carboxylic acids is 1. The Morgan fingerprint density at radius 2 is 1.54 bits per heavy atom. The molecule has 0 saturated heterocycles. The standard InChI is InChI=1S/C30H26FN3O/c1-21-15-16-34-27(20-32-28(34)17-21)26(24-13-8-14-25(31)18-24)19-29(35)33-30(22-9-4-2-5-10-22)23-11-6-3-7-12-23/h2-18,20,26,30H,19H2,1H3,(H,33,35). The summed E-state index contributed by atoms with van der Waals surface area (Å²) in [6.45, 7) is 2.01. The third-order valence-electron chi connectivity index (χ3n) is 6.27. The molecule has 5 rings (SSSR count). The molecule has 1 amide bonds. The van der Waals surface area contributed by atoms with Crippen molar-refractivity contribution in [1.29, 1.82) is 0 Å². The van der Waals surface area contributed by atoms with E-state index >= 15 is 0 Å². The molecule has 1 unspecified atom stereocenters. The number of carbonyl (C=O) groups is 1. The van der Waals surface area contributed by atoms with Crippen LogP contribution in [0.25, 0.3) is 5.65 Å². The summed E-state index contributed by atoms with van der Waals surface area (Å²) in [5.41, 5.74) is 5.48. The van der Waals surface area contributed by atoms with Crippen molar-refractivity contribution in [3.05, 3.63) is 143 Å². The van der Waals surface area contributed by atoms with Gasteiger partial charge in [-0.1, -0.05) is 72.8 Å². The molecule has 1 atom stereocenters. The quantitative estimate of drug-likeness (QED) is 0.312. The highest BCUT2D eigenvalue weighted by atomic mass is 19.1. The summed E-state index contributed by atoms with van der Waals surface area (Å²) in [5.74, 6) is -0.821. The van der Waals surface area contributed by atoms with Crippen LogP contribution in [0.4, 0.5) is 4.39 Å². The van der Waals surface area contributed by atoms with Crippen LogP contribution in [0.1, 0.15) is 46.3 Å². The van der Waals surface area contributed by atoms with E-state index in [0.29, 0.717) is 0 Å². The highest BCUT2D eigenvalue weighted by Crippen LogP contribution is 2.30. The highest BCUT2D eigenvalue weighted by molar-refractivity contribution is 5.78. The van der Waals surface area contributed by atoms with Crippen LogP contribution in [0, 0.1) is 12.7 Å². The maximum absolute atomic E-state index is 14.2. The number of fused-ring (bicyclic) bond motifs is 1. The molecule has 0 spiro atoms. The molecule has 5 heteroatoms. The van der Waals surface area contributed by atoms with Gasteiger partial charge >= 0.3 is 0 Å². The molecule has 0 aliphatic carbocycles. The van der Waals surface area contributed by atoms with Gasteiger partial charge in [0, 0.05) is 24.7 Å². The second kappa shape index (κ2) is 9.94. The van der Waals surface area contributed by atoms with Crippen molar-refractivity contribution in [2.75, 3.05) is 0 Å². The second-order valence-electron chi connectivity index (χ2n) is 8.75. The first kappa shape index (κ1) is 22.5. The maximum Gasteiger partial charge on any atom is 0.221 e. The van der Waals surface area contributed by atoms with E-state index in [1.807, 2.05) is 96.4 Å². The number of rotatable bonds is 7. The molecule has 2 aromatic heterocycles. The average Bonchev–Trinajstić information content (AvgIpc) is 3.29. The van der Waals surface area contributed by atoms with E-state index in [1.54, 1.807) is 12.3 Å². The summed E-state index contributed by atoms with van der Waals surface area (Å²) in [7, 11) is 0. The SMILES string of the molecule is Cc1ccn2c(C(CC(=O)NC(c3ccccc3)c3ccccc3)c3cccc(F)c3)cnc2c1. The van der Waals surface area contributed by atoms with Gasteiger partial charge in [-0.05, 0) is 53.4 Å². The predicted molar refractivity (Wildman–Crippen MR) is 136 cm³/mol. The maximum atomic E-state index is 14.2. The van der Waals surface area contributed by atoms with E-state index in [1.165, 1.54) is 12.1 Å². The van der Waals surface area contributed by atoms with Crippen LogP contribution in [-0.2, 0) is 4.79 Å². The van der Waals surface area contributed by atoms with Crippen molar-refractivity contribution in [3.63, 3.8) is 0 Å². The summed E-state index contributed by atoms with van der Waals surface area (Å²) in [6, 6.07) is 30.0. The van der Waals surface area contributed by atoms with Crippen LogP contribution in [0.5, 0.6) is 0 Å². The Morgan fingerprint density at radius 3 is 2.20 bits per heavy atom. The molecule has 4 nitrogen and oxygen atoms in total. The molecular formula is C30H26FN3O. The first-order valence-electron chi connectivity index (χ1n) is 11.7. The number of aryl methyl sites for hydroxylation is 1. The molecule has 0 aliphatic heterocycles. The summed E-state index contributed by atoms with van der Waals surface area (Å²) in [5, 5.41) is 3.22. The van der Waals surface area contributed by atoms with Crippen molar-refractivity contribution in [2.45, 2.75) is 25.3 Å². The van der Waals surface area contributed by atoms with Crippen LogP contribution in [0.2, 0.25) is 0 Å². The van der Waals surface area contributed by atoms with Crippen molar-refractivity contribution >= 4 is 11.6 Å². The van der Waals surface area contributed by atoms with Crippen LogP contribution in [-0.4, -0.2) is 15.3 Å². The fourth-order valence-corrected chi connectivity index (χ4v) is 4.53. The zero-order valence-electron chi connectivity index (χ0n) is 19.4. The number of imidazole rings is 1. The zero-order valence-corrected chi connectivity index (χ0v) is 19.4. The second-order valence-corrected chi connectivity index (χ2v) is 8.75. The normalized spacial score (nSPS) is 12.1. The van der Waals surface area contributed by atoms with Crippen molar-refractivity contribution in [2.24, 2.45) is 0 Å². The molecule has 0 bridgehead atoms. The lowest BCUT2D eigenvalue weighted by Gasteiger charge is -2.22. The molecule has 35 heavy (non-hydrogen) atoms. The smallest absolute Gasteiger partial charge is 0.221 e. The minimum absolute atomic E-state index is 0.126. The Kier molecular flexibility index (Phi) is 6.40. The van der Waals surface area contributed by atoms with E-state index in [-0.39, 0.29) is 30.1 Å². The van der Waals surface area contributed by atoms with Gasteiger partial charge in [0.05, 0.1) is 11.7 Å². The van der Waals surface area contributed by atoms with Gasteiger partial charge in [0.25, 0.3) is 0 Å². The lowest BCUT2D eigenvalue weighted by atomic mass is 9.91. The van der Waals surface area contributed by atoms with Crippen molar-refractivity contribution < 1.29 is 9.18 Å². The number of amides is 1. The van der Waals surface area contributed by atoms with E-state index in [2.05, 4.69) is 10.3 Å². The number of nitrogens with zero attached hydrogens (tertiary/aromatic N) is 2. The monoisotopic (exact) mass is 463 g/mol. The minimum atomic E-state index is -0.365. The predicted octanol–water partition coefficient (Wildman–Crippen LogP) is 6.21. The molecule has 1 N–H and O–H groups in total. The fraction of sp³-hybridized carbons (Fsp3) is 0.133. The van der Waals surface area contributed by atoms with E-state index in [4.69, 9.17) is 0 Å². The summed E-state index contributed by atoms with van der Waals surface area (Å²) in [6.07, 6.45) is 3.89. The van der Waals surface area contributed by atoms with Gasteiger partial charge in [-0.3, -0.25) is 4.79 Å². The topological polar surface area (TPSA) is 46.4 Å². The molecule has 2 heterocycles. The number of pyridine rings is 1. The van der Waals surface area contributed by atoms with Gasteiger partial charge in [-0.2, -0.15) is 0 Å². The van der Waals surface area contributed by atoms with Crippen LogP contribution in [0.3, 0.4) is 0 Å². The van der Waals surface area contributed by atoms with E-state index in [0.717, 1.165) is 33.6 Å². The van der Waals surface area contributed by atoms with Crippen LogP contribution >= 0.6 is 0 Å². The fourth-order valence-electron chi connectivity index (χ4n) is 4.53. The minimum Gasteiger partial charge on any atom is -0.345 e. The molecule has 174 valence electrons. The van der Waals surface area contributed by atoms with Crippen molar-refractivity contribution in [3.8, 4) is 0 Å². The number of hydrogen-bond donors (Lipinski definition) is 1. The largest absolute Gasteiger partial charge is 0.345 e. The number of benzene rings is 3. The summed E-state index contributed by atoms with van der Waals surface area (Å²) < 4.78 is 16.2. The number of aromatic nitrogens is 2. The van der Waals surface area contributed by atoms with Gasteiger partial charge in [-0.15, -0.1) is 0 Å². The summed E-state index contributed by atoms with van der Waals surface area (Å²) >= 11 is 0. The third kappa shape index (κ3) is 4.99. The van der Waals surface area contributed by atoms with E-state index < -0.39 is 0 Å². The van der Waals surface area contributed by atoms with Gasteiger partial charge in [0.15, 0.2) is 0 Å². The number of nitrogens with one attached hydrogen (secondary N) is 1. The van der Waals surface area contributed by atoms with Crippen molar-refractivity contribution in [1.82, 2.24) is 14.7 Å². The lowest BCUT2D eigenvalue weighted by Crippen LogP contribution is -2.30. The summed E-state index contributed by atoms with van der Waals surface area (Å²) in [4.78, 5) is 18.1. The number of hydrogen-bond acceptors (Lipinski definition) is 2. The van der Waals surface area contributed by atoms with E-state index in [9.17, 15) is 9.18 Å². The Labute approximate surface area is 204 Å². The molecule has 0 saturated carbocycles.